The van der Waals surface area contributed by atoms with E-state index in [4.69, 9.17) is 4.74 Å². The Morgan fingerprint density at radius 1 is 1.32 bits per heavy atom. The lowest BCUT2D eigenvalue weighted by Gasteiger charge is -2.33. The highest BCUT2D eigenvalue weighted by Gasteiger charge is 2.39. The van der Waals surface area contributed by atoms with Crippen molar-refractivity contribution in [3.8, 4) is 5.75 Å². The van der Waals surface area contributed by atoms with Crippen LogP contribution in [0.2, 0.25) is 0 Å². The van der Waals surface area contributed by atoms with Crippen LogP contribution in [0.25, 0.3) is 6.08 Å². The van der Waals surface area contributed by atoms with Gasteiger partial charge < -0.3 is 14.7 Å². The average molecular weight is 404 g/mol. The van der Waals surface area contributed by atoms with Gasteiger partial charge in [-0.25, -0.2) is 4.79 Å². The third kappa shape index (κ3) is 4.19. The summed E-state index contributed by atoms with van der Waals surface area (Å²) >= 11 is 0.756. The monoisotopic (exact) mass is 404 g/mol. The Labute approximate surface area is 166 Å². The molecule has 2 aliphatic heterocycles. The fourth-order valence-electron chi connectivity index (χ4n) is 3.23. The number of carbonyl (C=O) groups excluding carboxylic acids is 3. The first-order valence-corrected chi connectivity index (χ1v) is 9.64. The fourth-order valence-corrected chi connectivity index (χ4v) is 4.07. The number of amides is 3. The Balaban J connectivity index is 1.73. The van der Waals surface area contributed by atoms with Gasteiger partial charge in [-0.1, -0.05) is 12.1 Å². The molecule has 28 heavy (non-hydrogen) atoms. The van der Waals surface area contributed by atoms with Crippen LogP contribution in [0, 0.1) is 0 Å². The Bertz CT molecular complexity index is 853. The van der Waals surface area contributed by atoms with E-state index >= 15 is 0 Å². The summed E-state index contributed by atoms with van der Waals surface area (Å²) in [7, 11) is 1.53. The van der Waals surface area contributed by atoms with Crippen LogP contribution < -0.4 is 4.74 Å². The highest BCUT2D eigenvalue weighted by molar-refractivity contribution is 8.18. The number of methoxy groups -OCH3 is 1. The van der Waals surface area contributed by atoms with Crippen molar-refractivity contribution in [2.24, 2.45) is 0 Å². The minimum absolute atomic E-state index is 0.208. The summed E-state index contributed by atoms with van der Waals surface area (Å²) in [5, 5.41) is 8.76. The number of piperidine rings is 1. The molecule has 2 saturated heterocycles. The summed E-state index contributed by atoms with van der Waals surface area (Å²) in [5.74, 6) is -1.54. The van der Waals surface area contributed by atoms with E-state index in [1.807, 2.05) is 0 Å². The van der Waals surface area contributed by atoms with Crippen molar-refractivity contribution >= 4 is 40.9 Å². The highest BCUT2D eigenvalue weighted by atomic mass is 32.2. The molecule has 1 aromatic rings. The van der Waals surface area contributed by atoms with E-state index in [1.54, 1.807) is 30.3 Å². The first-order chi connectivity index (χ1) is 13.4. The first-order valence-electron chi connectivity index (χ1n) is 8.82. The summed E-state index contributed by atoms with van der Waals surface area (Å²) in [6, 6.07) is 6.12. The van der Waals surface area contributed by atoms with Crippen LogP contribution >= 0.6 is 11.8 Å². The number of rotatable bonds is 5. The first kappa shape index (κ1) is 19.9. The zero-order valence-corrected chi connectivity index (χ0v) is 16.1. The zero-order valence-electron chi connectivity index (χ0n) is 15.3. The number of carbonyl (C=O) groups is 4. The summed E-state index contributed by atoms with van der Waals surface area (Å²) < 4.78 is 5.14. The smallest absolute Gasteiger partial charge is 0.326 e. The van der Waals surface area contributed by atoms with Gasteiger partial charge in [0.15, 0.2) is 0 Å². The second-order valence-electron chi connectivity index (χ2n) is 6.48. The van der Waals surface area contributed by atoms with Gasteiger partial charge in [-0.3, -0.25) is 19.3 Å². The number of aliphatic carboxylic acids is 1. The predicted molar refractivity (Wildman–Crippen MR) is 103 cm³/mol. The van der Waals surface area contributed by atoms with E-state index in [2.05, 4.69) is 0 Å². The lowest BCUT2D eigenvalue weighted by atomic mass is 10.0. The van der Waals surface area contributed by atoms with E-state index in [1.165, 1.54) is 12.0 Å². The summed E-state index contributed by atoms with van der Waals surface area (Å²) in [6.07, 6.45) is 3.37. The van der Waals surface area contributed by atoms with Crippen LogP contribution in [0.3, 0.4) is 0 Å². The van der Waals surface area contributed by atoms with Gasteiger partial charge in [-0.2, -0.15) is 0 Å². The van der Waals surface area contributed by atoms with E-state index in [9.17, 15) is 24.3 Å². The summed E-state index contributed by atoms with van der Waals surface area (Å²) in [5.41, 5.74) is 0.693. The molecule has 0 radical (unpaired) electrons. The lowest BCUT2D eigenvalue weighted by molar-refractivity contribution is -0.152. The number of thioether (sulfide) groups is 1. The van der Waals surface area contributed by atoms with E-state index in [0.29, 0.717) is 30.7 Å². The molecule has 9 heteroatoms. The number of benzene rings is 1. The Morgan fingerprint density at radius 2 is 2.11 bits per heavy atom. The average Bonchev–Trinajstić information content (AvgIpc) is 2.95. The quantitative estimate of drug-likeness (QED) is 0.750. The maximum atomic E-state index is 12.6. The third-order valence-electron chi connectivity index (χ3n) is 4.67. The van der Waals surface area contributed by atoms with Gasteiger partial charge in [-0.05, 0) is 54.8 Å². The second-order valence-corrected chi connectivity index (χ2v) is 7.47. The molecular weight excluding hydrogens is 384 g/mol. The molecule has 8 nitrogen and oxygen atoms in total. The van der Waals surface area contributed by atoms with Gasteiger partial charge in [0.25, 0.3) is 11.1 Å². The van der Waals surface area contributed by atoms with Crippen molar-refractivity contribution in [3.63, 3.8) is 0 Å². The van der Waals surface area contributed by atoms with Crippen LogP contribution in [0.4, 0.5) is 4.79 Å². The topological polar surface area (TPSA) is 104 Å². The molecule has 0 aliphatic carbocycles. The van der Waals surface area contributed by atoms with Gasteiger partial charge in [0, 0.05) is 6.54 Å². The normalized spacial score (nSPS) is 21.3. The zero-order chi connectivity index (χ0) is 20.3. The van der Waals surface area contributed by atoms with Gasteiger partial charge in [0.2, 0.25) is 5.91 Å². The van der Waals surface area contributed by atoms with E-state index in [0.717, 1.165) is 23.1 Å². The largest absolute Gasteiger partial charge is 0.497 e. The van der Waals surface area contributed by atoms with Gasteiger partial charge >= 0.3 is 5.97 Å². The number of hydrogen-bond acceptors (Lipinski definition) is 6. The van der Waals surface area contributed by atoms with E-state index < -0.39 is 35.6 Å². The van der Waals surface area contributed by atoms with Crippen LogP contribution in [0.1, 0.15) is 24.8 Å². The second kappa shape index (κ2) is 8.47. The molecule has 3 amide bonds. The molecule has 0 bridgehead atoms. The molecule has 2 fully saturated rings. The molecule has 1 aromatic carbocycles. The molecule has 1 atom stereocenters. The molecule has 1 unspecified atom stereocenters. The standard InChI is InChI=1S/C19H20N2O6S/c1-27-13-6-4-5-12(9-13)10-15-17(23)21(19(26)28-15)11-16(22)20-8-3-2-7-14(20)18(24)25/h4-6,9-10,14H,2-3,7-8,11H2,1H3,(H,24,25)/b15-10-. The number of hydrogen-bond donors (Lipinski definition) is 1. The number of likely N-dealkylation sites (tertiary alicyclic amines) is 1. The minimum Gasteiger partial charge on any atom is -0.497 e. The maximum absolute atomic E-state index is 12.6. The predicted octanol–water partition coefficient (Wildman–Crippen LogP) is 2.20. The van der Waals surface area contributed by atoms with Crippen LogP contribution in [0.15, 0.2) is 29.2 Å². The van der Waals surface area contributed by atoms with Gasteiger partial charge in [-0.15, -0.1) is 0 Å². The fraction of sp³-hybridized carbons (Fsp3) is 0.368. The molecule has 0 saturated carbocycles. The van der Waals surface area contributed by atoms with Gasteiger partial charge in [0.1, 0.15) is 18.3 Å². The molecule has 1 N–H and O–H groups in total. The summed E-state index contributed by atoms with van der Waals surface area (Å²) in [6.45, 7) is -0.143. The van der Waals surface area contributed by atoms with Crippen LogP contribution in [0.5, 0.6) is 5.75 Å². The molecule has 3 rings (SSSR count). The van der Waals surface area contributed by atoms with Crippen molar-refractivity contribution in [3.05, 3.63) is 34.7 Å². The number of ether oxygens (including phenoxy) is 1. The Hall–Kier alpha value is -2.81. The van der Waals surface area contributed by atoms with E-state index in [-0.39, 0.29) is 4.91 Å². The summed E-state index contributed by atoms with van der Waals surface area (Å²) in [4.78, 5) is 51.1. The molecule has 0 spiro atoms. The van der Waals surface area contributed by atoms with Crippen molar-refractivity contribution in [1.29, 1.82) is 0 Å². The highest BCUT2D eigenvalue weighted by Crippen LogP contribution is 2.33. The minimum atomic E-state index is -1.07. The van der Waals surface area contributed by atoms with Crippen LogP contribution in [-0.4, -0.2) is 64.2 Å². The van der Waals surface area contributed by atoms with Crippen molar-refractivity contribution in [2.45, 2.75) is 25.3 Å². The molecule has 0 aromatic heterocycles. The molecule has 148 valence electrons. The molecule has 2 aliphatic rings. The Morgan fingerprint density at radius 3 is 2.82 bits per heavy atom. The lowest BCUT2D eigenvalue weighted by Crippen LogP contribution is -2.51. The van der Waals surface area contributed by atoms with Crippen molar-refractivity contribution in [1.82, 2.24) is 9.80 Å². The van der Waals surface area contributed by atoms with Gasteiger partial charge in [0.05, 0.1) is 12.0 Å². The number of carboxylic acid groups (broad SMARTS) is 1. The number of imide groups is 1. The van der Waals surface area contributed by atoms with Crippen LogP contribution in [-0.2, 0) is 14.4 Å². The number of nitrogens with zero attached hydrogens (tertiary/aromatic N) is 2. The SMILES string of the molecule is COc1cccc(/C=C2\SC(=O)N(CC(=O)N3CCCCC3C(=O)O)C2=O)c1. The number of carboxylic acids is 1. The van der Waals surface area contributed by atoms with Crippen molar-refractivity contribution in [2.75, 3.05) is 20.2 Å². The third-order valence-corrected chi connectivity index (χ3v) is 5.57. The molecule has 2 heterocycles. The molecular formula is C19H20N2O6S. The maximum Gasteiger partial charge on any atom is 0.326 e. The van der Waals surface area contributed by atoms with Crippen molar-refractivity contribution < 1.29 is 29.0 Å². The Kier molecular flexibility index (Phi) is 6.03.